The van der Waals surface area contributed by atoms with Crippen molar-refractivity contribution < 1.29 is 4.79 Å². The normalized spacial score (nSPS) is 18.2. The standard InChI is InChI=1S/C22H28N6O/c1-15(2)13-19(20-25-17-8-3-4-9-18(17)26-20)27-21(29)16-7-5-12-28(14-16)22-23-10-6-11-24-22/h3-4,6,8-11,15-16,19H,5,7,12-14H2,1-2H3,(H,25,26)(H,27,29)/t16?,19-/m0/s1. The zero-order chi connectivity index (χ0) is 20.2. The number of carbonyl (C=O) groups excluding carboxylic acids is 1. The van der Waals surface area contributed by atoms with Gasteiger partial charge in [-0.2, -0.15) is 0 Å². The molecular formula is C22H28N6O. The summed E-state index contributed by atoms with van der Waals surface area (Å²) in [7, 11) is 0. The molecule has 7 heteroatoms. The van der Waals surface area contributed by atoms with E-state index >= 15 is 0 Å². The first-order chi connectivity index (χ1) is 14.1. The number of piperidine rings is 1. The molecule has 3 aromatic rings. The zero-order valence-electron chi connectivity index (χ0n) is 17.0. The fourth-order valence-electron chi connectivity index (χ4n) is 3.96. The van der Waals surface area contributed by atoms with E-state index in [9.17, 15) is 4.79 Å². The SMILES string of the molecule is CC(C)C[C@H](NC(=O)C1CCCN(c2ncccn2)C1)c1nc2ccccc2[nH]1. The quantitative estimate of drug-likeness (QED) is 0.671. The van der Waals surface area contributed by atoms with Gasteiger partial charge in [-0.15, -0.1) is 0 Å². The molecule has 0 spiro atoms. The van der Waals surface area contributed by atoms with Crippen molar-refractivity contribution in [3.05, 3.63) is 48.5 Å². The number of amides is 1. The van der Waals surface area contributed by atoms with Crippen LogP contribution >= 0.6 is 0 Å². The molecule has 1 aromatic carbocycles. The number of hydrogen-bond donors (Lipinski definition) is 2. The first-order valence-corrected chi connectivity index (χ1v) is 10.4. The Hall–Kier alpha value is -2.96. The molecule has 1 saturated heterocycles. The monoisotopic (exact) mass is 392 g/mol. The number of aromatic amines is 1. The number of hydrogen-bond acceptors (Lipinski definition) is 5. The zero-order valence-corrected chi connectivity index (χ0v) is 17.0. The summed E-state index contributed by atoms with van der Waals surface area (Å²) in [6.07, 6.45) is 6.15. The second kappa shape index (κ2) is 8.59. The van der Waals surface area contributed by atoms with Gasteiger partial charge in [0, 0.05) is 25.5 Å². The topological polar surface area (TPSA) is 86.8 Å². The van der Waals surface area contributed by atoms with Gasteiger partial charge < -0.3 is 15.2 Å². The van der Waals surface area contributed by atoms with Crippen molar-refractivity contribution in [1.29, 1.82) is 0 Å². The molecule has 0 radical (unpaired) electrons. The van der Waals surface area contributed by atoms with Crippen LogP contribution in [0.5, 0.6) is 0 Å². The van der Waals surface area contributed by atoms with Crippen LogP contribution in [0.3, 0.4) is 0 Å². The molecule has 0 aliphatic carbocycles. The number of anilines is 1. The Morgan fingerprint density at radius 1 is 1.24 bits per heavy atom. The number of nitrogens with one attached hydrogen (secondary N) is 2. The number of rotatable bonds is 6. The molecule has 1 aliphatic heterocycles. The number of nitrogens with zero attached hydrogens (tertiary/aromatic N) is 4. The number of imidazole rings is 1. The van der Waals surface area contributed by atoms with Gasteiger partial charge in [0.25, 0.3) is 0 Å². The smallest absolute Gasteiger partial charge is 0.225 e. The summed E-state index contributed by atoms with van der Waals surface area (Å²) < 4.78 is 0. The van der Waals surface area contributed by atoms with Gasteiger partial charge >= 0.3 is 0 Å². The highest BCUT2D eigenvalue weighted by atomic mass is 16.2. The highest BCUT2D eigenvalue weighted by molar-refractivity contribution is 5.80. The van der Waals surface area contributed by atoms with Crippen LogP contribution in [0.2, 0.25) is 0 Å². The number of fused-ring (bicyclic) bond motifs is 1. The van der Waals surface area contributed by atoms with Crippen LogP contribution in [0.15, 0.2) is 42.7 Å². The Labute approximate surface area is 171 Å². The number of aromatic nitrogens is 4. The fourth-order valence-corrected chi connectivity index (χ4v) is 3.96. The maximum Gasteiger partial charge on any atom is 0.225 e. The minimum atomic E-state index is -0.127. The Morgan fingerprint density at radius 2 is 2.03 bits per heavy atom. The molecule has 0 bridgehead atoms. The number of carbonyl (C=O) groups is 1. The molecule has 1 amide bonds. The lowest BCUT2D eigenvalue weighted by Gasteiger charge is -2.32. The molecule has 1 unspecified atom stereocenters. The van der Waals surface area contributed by atoms with Crippen LogP contribution in [-0.4, -0.2) is 38.9 Å². The molecule has 4 rings (SSSR count). The van der Waals surface area contributed by atoms with Crippen LogP contribution in [0.1, 0.15) is 45.0 Å². The molecular weight excluding hydrogens is 364 g/mol. The van der Waals surface area contributed by atoms with Gasteiger partial charge in [-0.05, 0) is 43.4 Å². The van der Waals surface area contributed by atoms with Gasteiger partial charge in [0.1, 0.15) is 5.82 Å². The molecule has 3 heterocycles. The van der Waals surface area contributed by atoms with Gasteiger partial charge in [-0.1, -0.05) is 26.0 Å². The molecule has 0 saturated carbocycles. The maximum absolute atomic E-state index is 13.1. The third-order valence-electron chi connectivity index (χ3n) is 5.39. The van der Waals surface area contributed by atoms with Gasteiger partial charge in [-0.25, -0.2) is 15.0 Å². The molecule has 2 atom stereocenters. The van der Waals surface area contributed by atoms with Crippen LogP contribution in [0, 0.1) is 11.8 Å². The van der Waals surface area contributed by atoms with Crippen molar-refractivity contribution in [2.45, 2.75) is 39.2 Å². The van der Waals surface area contributed by atoms with Crippen LogP contribution < -0.4 is 10.2 Å². The average molecular weight is 393 g/mol. The molecule has 152 valence electrons. The van der Waals surface area contributed by atoms with Crippen LogP contribution in [-0.2, 0) is 4.79 Å². The van der Waals surface area contributed by atoms with E-state index in [1.54, 1.807) is 12.4 Å². The van der Waals surface area contributed by atoms with Crippen molar-refractivity contribution in [1.82, 2.24) is 25.3 Å². The van der Waals surface area contributed by atoms with Crippen LogP contribution in [0.4, 0.5) is 5.95 Å². The largest absolute Gasteiger partial charge is 0.346 e. The summed E-state index contributed by atoms with van der Waals surface area (Å²) in [6, 6.07) is 9.65. The van der Waals surface area contributed by atoms with Crippen LogP contribution in [0.25, 0.3) is 11.0 Å². The highest BCUT2D eigenvalue weighted by Crippen LogP contribution is 2.25. The van der Waals surface area contributed by atoms with Gasteiger partial charge in [0.05, 0.1) is 23.0 Å². The van der Waals surface area contributed by atoms with E-state index in [-0.39, 0.29) is 17.9 Å². The number of benzene rings is 1. The summed E-state index contributed by atoms with van der Waals surface area (Å²) in [6.45, 7) is 5.85. The minimum absolute atomic E-state index is 0.0772. The van der Waals surface area contributed by atoms with Gasteiger partial charge in [0.2, 0.25) is 11.9 Å². The van der Waals surface area contributed by atoms with Gasteiger partial charge in [-0.3, -0.25) is 4.79 Å². The molecule has 29 heavy (non-hydrogen) atoms. The Balaban J connectivity index is 1.48. The predicted octanol–water partition coefficient (Wildman–Crippen LogP) is 3.47. The van der Waals surface area contributed by atoms with Crippen molar-refractivity contribution in [2.24, 2.45) is 11.8 Å². The van der Waals surface area contributed by atoms with E-state index in [1.807, 2.05) is 30.3 Å². The summed E-state index contributed by atoms with van der Waals surface area (Å²) in [5.41, 5.74) is 1.92. The third-order valence-corrected chi connectivity index (χ3v) is 5.39. The summed E-state index contributed by atoms with van der Waals surface area (Å²) in [5, 5.41) is 3.27. The molecule has 1 fully saturated rings. The lowest BCUT2D eigenvalue weighted by molar-refractivity contribution is -0.126. The first-order valence-electron chi connectivity index (χ1n) is 10.4. The van der Waals surface area contributed by atoms with Crippen molar-refractivity contribution in [2.75, 3.05) is 18.0 Å². The van der Waals surface area contributed by atoms with Crippen molar-refractivity contribution in [3.63, 3.8) is 0 Å². The lowest BCUT2D eigenvalue weighted by Crippen LogP contribution is -2.44. The predicted molar refractivity (Wildman–Crippen MR) is 113 cm³/mol. The summed E-state index contributed by atoms with van der Waals surface area (Å²) in [4.78, 5) is 32.0. The molecule has 2 N–H and O–H groups in total. The Morgan fingerprint density at radius 3 is 2.79 bits per heavy atom. The second-order valence-corrected chi connectivity index (χ2v) is 8.16. The van der Waals surface area contributed by atoms with E-state index in [0.29, 0.717) is 18.4 Å². The minimum Gasteiger partial charge on any atom is -0.346 e. The van der Waals surface area contributed by atoms with E-state index in [2.05, 4.69) is 39.0 Å². The number of H-pyrrole nitrogens is 1. The summed E-state index contributed by atoms with van der Waals surface area (Å²) >= 11 is 0. The summed E-state index contributed by atoms with van der Waals surface area (Å²) in [5.74, 6) is 1.96. The molecule has 7 nitrogen and oxygen atoms in total. The van der Waals surface area contributed by atoms with Gasteiger partial charge in [0.15, 0.2) is 0 Å². The highest BCUT2D eigenvalue weighted by Gasteiger charge is 2.29. The number of para-hydroxylation sites is 2. The average Bonchev–Trinajstić information content (AvgIpc) is 3.18. The van der Waals surface area contributed by atoms with Crippen molar-refractivity contribution >= 4 is 22.9 Å². The molecule has 2 aromatic heterocycles. The second-order valence-electron chi connectivity index (χ2n) is 8.16. The maximum atomic E-state index is 13.1. The third kappa shape index (κ3) is 4.55. The first kappa shape index (κ1) is 19.4. The van der Waals surface area contributed by atoms with E-state index in [4.69, 9.17) is 4.98 Å². The van der Waals surface area contributed by atoms with E-state index in [0.717, 1.165) is 42.7 Å². The van der Waals surface area contributed by atoms with E-state index in [1.165, 1.54) is 0 Å². The lowest BCUT2D eigenvalue weighted by atomic mass is 9.96. The van der Waals surface area contributed by atoms with Crippen molar-refractivity contribution in [3.8, 4) is 0 Å². The molecule has 1 aliphatic rings. The van der Waals surface area contributed by atoms with E-state index < -0.39 is 0 Å². The fraction of sp³-hybridized carbons (Fsp3) is 0.455. The Bertz CT molecular complexity index is 921. The Kier molecular flexibility index (Phi) is 5.74.